The highest BCUT2D eigenvalue weighted by atomic mass is 15.2. The minimum atomic E-state index is 0.0138. The van der Waals surface area contributed by atoms with Crippen molar-refractivity contribution < 1.29 is 0 Å². The molecule has 2 heteroatoms. The molecule has 2 unspecified atom stereocenters. The zero-order valence-electron chi connectivity index (χ0n) is 14.8. The van der Waals surface area contributed by atoms with Gasteiger partial charge < -0.3 is 5.73 Å². The lowest BCUT2D eigenvalue weighted by Gasteiger charge is -2.44. The Hall–Kier alpha value is -0.860. The standard InChI is InChI=1S/C19H34N2/c1-7-19(6,21(8-2)9-3)18(20)17-12-10-11-16(14-17)13-15(4)5/h10-12,14-15,18H,7-9,13,20H2,1-6H3. The first-order chi connectivity index (χ1) is 9.88. The molecule has 0 heterocycles. The Morgan fingerprint density at radius 3 is 2.24 bits per heavy atom. The third-order valence-corrected chi connectivity index (χ3v) is 4.83. The molecule has 0 aliphatic carbocycles. The summed E-state index contributed by atoms with van der Waals surface area (Å²) in [6.45, 7) is 15.6. The van der Waals surface area contributed by atoms with Gasteiger partial charge in [0.05, 0.1) is 0 Å². The topological polar surface area (TPSA) is 29.3 Å². The summed E-state index contributed by atoms with van der Waals surface area (Å²) in [5.41, 5.74) is 9.37. The summed E-state index contributed by atoms with van der Waals surface area (Å²) >= 11 is 0. The van der Waals surface area contributed by atoms with Crippen LogP contribution >= 0.6 is 0 Å². The van der Waals surface area contributed by atoms with Crippen molar-refractivity contribution in [3.8, 4) is 0 Å². The number of nitrogens with zero attached hydrogens (tertiary/aromatic N) is 1. The van der Waals surface area contributed by atoms with E-state index in [2.05, 4.69) is 70.7 Å². The molecule has 1 rings (SSSR count). The average Bonchev–Trinajstić information content (AvgIpc) is 2.47. The van der Waals surface area contributed by atoms with Crippen molar-refractivity contribution in [3.05, 3.63) is 35.4 Å². The molecule has 0 saturated heterocycles. The van der Waals surface area contributed by atoms with Gasteiger partial charge in [-0.1, -0.05) is 58.9 Å². The normalized spacial score (nSPS) is 16.2. The second-order valence-corrected chi connectivity index (χ2v) is 6.70. The summed E-state index contributed by atoms with van der Waals surface area (Å²) < 4.78 is 0. The number of likely N-dealkylation sites (N-methyl/N-ethyl adjacent to an activating group) is 1. The highest BCUT2D eigenvalue weighted by Crippen LogP contribution is 2.32. The van der Waals surface area contributed by atoms with Crippen molar-refractivity contribution in [2.24, 2.45) is 11.7 Å². The first-order valence-electron chi connectivity index (χ1n) is 8.48. The van der Waals surface area contributed by atoms with E-state index in [0.717, 1.165) is 25.9 Å². The van der Waals surface area contributed by atoms with E-state index in [1.807, 2.05) is 0 Å². The quantitative estimate of drug-likeness (QED) is 0.769. The Morgan fingerprint density at radius 1 is 1.14 bits per heavy atom. The largest absolute Gasteiger partial charge is 0.322 e. The summed E-state index contributed by atoms with van der Waals surface area (Å²) in [4.78, 5) is 2.49. The van der Waals surface area contributed by atoms with Crippen LogP contribution in [0.15, 0.2) is 24.3 Å². The number of hydrogen-bond donors (Lipinski definition) is 1. The van der Waals surface area contributed by atoms with Crippen molar-refractivity contribution in [2.45, 2.75) is 66.0 Å². The molecule has 0 amide bonds. The van der Waals surface area contributed by atoms with Crippen LogP contribution in [0, 0.1) is 5.92 Å². The van der Waals surface area contributed by atoms with Crippen LogP contribution in [0.5, 0.6) is 0 Å². The van der Waals surface area contributed by atoms with E-state index in [4.69, 9.17) is 5.73 Å². The van der Waals surface area contributed by atoms with Gasteiger partial charge in [-0.25, -0.2) is 0 Å². The van der Waals surface area contributed by atoms with E-state index in [0.29, 0.717) is 5.92 Å². The highest BCUT2D eigenvalue weighted by Gasteiger charge is 2.35. The maximum absolute atomic E-state index is 6.69. The Labute approximate surface area is 131 Å². The Morgan fingerprint density at radius 2 is 1.76 bits per heavy atom. The van der Waals surface area contributed by atoms with E-state index in [1.54, 1.807) is 0 Å². The van der Waals surface area contributed by atoms with Crippen LogP contribution in [0.1, 0.15) is 65.1 Å². The third kappa shape index (κ3) is 4.31. The number of benzene rings is 1. The number of nitrogens with two attached hydrogens (primary N) is 1. The molecule has 0 saturated carbocycles. The van der Waals surface area contributed by atoms with Crippen LogP contribution in [0.3, 0.4) is 0 Å². The third-order valence-electron chi connectivity index (χ3n) is 4.83. The molecule has 2 atom stereocenters. The lowest BCUT2D eigenvalue weighted by Crippen LogP contribution is -2.53. The summed E-state index contributed by atoms with van der Waals surface area (Å²) in [6, 6.07) is 8.92. The molecule has 21 heavy (non-hydrogen) atoms. The van der Waals surface area contributed by atoms with Gasteiger partial charge in [0, 0.05) is 11.6 Å². The molecule has 0 spiro atoms. The molecule has 2 N–H and O–H groups in total. The van der Waals surface area contributed by atoms with Crippen LogP contribution in [0.25, 0.3) is 0 Å². The van der Waals surface area contributed by atoms with Gasteiger partial charge >= 0.3 is 0 Å². The average molecular weight is 290 g/mol. The molecule has 0 aromatic heterocycles. The first kappa shape index (κ1) is 18.2. The van der Waals surface area contributed by atoms with Crippen molar-refractivity contribution in [2.75, 3.05) is 13.1 Å². The summed E-state index contributed by atoms with van der Waals surface area (Å²) in [5.74, 6) is 0.678. The van der Waals surface area contributed by atoms with Crippen molar-refractivity contribution >= 4 is 0 Å². The minimum absolute atomic E-state index is 0.0138. The highest BCUT2D eigenvalue weighted by molar-refractivity contribution is 5.28. The van der Waals surface area contributed by atoms with E-state index in [1.165, 1.54) is 11.1 Å². The molecule has 0 radical (unpaired) electrons. The smallest absolute Gasteiger partial charge is 0.0479 e. The van der Waals surface area contributed by atoms with Crippen LogP contribution in [-0.2, 0) is 6.42 Å². The molecule has 0 fully saturated rings. The molecule has 0 aliphatic heterocycles. The second kappa shape index (κ2) is 7.95. The summed E-state index contributed by atoms with van der Waals surface area (Å²) in [6.07, 6.45) is 2.18. The van der Waals surface area contributed by atoms with Crippen LogP contribution in [0.2, 0.25) is 0 Å². The maximum atomic E-state index is 6.69. The number of rotatable bonds is 8. The SMILES string of the molecule is CCN(CC)C(C)(CC)C(N)c1cccc(CC(C)C)c1. The first-order valence-corrected chi connectivity index (χ1v) is 8.48. The van der Waals surface area contributed by atoms with Gasteiger partial charge in [0.1, 0.15) is 0 Å². The monoisotopic (exact) mass is 290 g/mol. The zero-order chi connectivity index (χ0) is 16.0. The van der Waals surface area contributed by atoms with Gasteiger partial charge in [-0.15, -0.1) is 0 Å². The molecule has 0 aliphatic rings. The van der Waals surface area contributed by atoms with Crippen LogP contribution in [0.4, 0.5) is 0 Å². The van der Waals surface area contributed by atoms with Crippen molar-refractivity contribution in [1.82, 2.24) is 4.90 Å². The summed E-state index contributed by atoms with van der Waals surface area (Å²) in [5, 5.41) is 0. The van der Waals surface area contributed by atoms with Crippen molar-refractivity contribution in [3.63, 3.8) is 0 Å². The van der Waals surface area contributed by atoms with Crippen molar-refractivity contribution in [1.29, 1.82) is 0 Å². The van der Waals surface area contributed by atoms with Crippen LogP contribution in [-0.4, -0.2) is 23.5 Å². The molecule has 120 valence electrons. The second-order valence-electron chi connectivity index (χ2n) is 6.70. The lowest BCUT2D eigenvalue weighted by molar-refractivity contribution is 0.0844. The fourth-order valence-corrected chi connectivity index (χ4v) is 3.33. The molecule has 1 aromatic carbocycles. The van der Waals surface area contributed by atoms with Gasteiger partial charge in [-0.3, -0.25) is 4.90 Å². The van der Waals surface area contributed by atoms with Crippen LogP contribution < -0.4 is 5.73 Å². The van der Waals surface area contributed by atoms with Gasteiger partial charge in [0.15, 0.2) is 0 Å². The molecular weight excluding hydrogens is 256 g/mol. The zero-order valence-corrected chi connectivity index (χ0v) is 14.8. The molecule has 2 nitrogen and oxygen atoms in total. The number of hydrogen-bond acceptors (Lipinski definition) is 2. The predicted octanol–water partition coefficient (Wildman–Crippen LogP) is 4.40. The van der Waals surface area contributed by atoms with E-state index in [-0.39, 0.29) is 11.6 Å². The fraction of sp³-hybridized carbons (Fsp3) is 0.684. The molecule has 1 aromatic rings. The van der Waals surface area contributed by atoms with Gasteiger partial charge in [0.2, 0.25) is 0 Å². The molecule has 0 bridgehead atoms. The predicted molar refractivity (Wildman–Crippen MR) is 93.5 cm³/mol. The fourth-order valence-electron chi connectivity index (χ4n) is 3.33. The summed E-state index contributed by atoms with van der Waals surface area (Å²) in [7, 11) is 0. The molecular formula is C19H34N2. The lowest BCUT2D eigenvalue weighted by atomic mass is 9.82. The minimum Gasteiger partial charge on any atom is -0.322 e. The van der Waals surface area contributed by atoms with Gasteiger partial charge in [-0.05, 0) is 49.9 Å². The van der Waals surface area contributed by atoms with Gasteiger partial charge in [0.25, 0.3) is 0 Å². The Balaban J connectivity index is 3.07. The van der Waals surface area contributed by atoms with E-state index in [9.17, 15) is 0 Å². The van der Waals surface area contributed by atoms with E-state index < -0.39 is 0 Å². The Bertz CT molecular complexity index is 423. The van der Waals surface area contributed by atoms with Gasteiger partial charge in [-0.2, -0.15) is 0 Å². The van der Waals surface area contributed by atoms with E-state index >= 15 is 0 Å². The Kier molecular flexibility index (Phi) is 6.89. The maximum Gasteiger partial charge on any atom is 0.0479 e.